The van der Waals surface area contributed by atoms with Crippen molar-refractivity contribution in [2.24, 2.45) is 17.8 Å². The number of hydroxylamine groups is 2. The minimum Gasteiger partial charge on any atom is -0.341 e. The van der Waals surface area contributed by atoms with E-state index < -0.39 is 23.7 Å². The molecule has 0 heterocycles. The van der Waals surface area contributed by atoms with Gasteiger partial charge in [0.05, 0.1) is 24.4 Å². The van der Waals surface area contributed by atoms with Crippen LogP contribution in [-0.2, 0) is 30.5 Å². The maximum Gasteiger partial charge on any atom is 0.332 e. The Hall–Kier alpha value is -2.67. The highest BCUT2D eigenvalue weighted by atomic mass is 16.7. The molecule has 2 amide bonds. The highest BCUT2D eigenvalue weighted by Gasteiger charge is 2.34. The molecule has 0 radical (unpaired) electrons. The second-order valence-electron chi connectivity index (χ2n) is 8.48. The summed E-state index contributed by atoms with van der Waals surface area (Å²) in [5, 5.41) is 0. The number of hydrogen-bond donors (Lipinski definition) is 2. The summed E-state index contributed by atoms with van der Waals surface area (Å²) in [6.45, 7) is 11.6. The fourth-order valence-electron chi connectivity index (χ4n) is 3.42. The maximum atomic E-state index is 12.9. The summed E-state index contributed by atoms with van der Waals surface area (Å²) in [6.07, 6.45) is 4.61. The van der Waals surface area contributed by atoms with Crippen molar-refractivity contribution in [1.82, 2.24) is 11.0 Å². The molecule has 7 nitrogen and oxygen atoms in total. The van der Waals surface area contributed by atoms with Crippen LogP contribution in [0.15, 0.2) is 43.0 Å². The largest absolute Gasteiger partial charge is 0.341 e. The number of nitrogens with one attached hydrogen (secondary N) is 2. The Balaban J connectivity index is 2.72. The third-order valence-electron chi connectivity index (χ3n) is 5.09. The Morgan fingerprint density at radius 1 is 1.03 bits per heavy atom. The zero-order valence-corrected chi connectivity index (χ0v) is 19.8. The molecule has 0 aromatic heterocycles. The van der Waals surface area contributed by atoms with E-state index >= 15 is 0 Å². The van der Waals surface area contributed by atoms with Crippen LogP contribution in [0.3, 0.4) is 0 Å². The molecule has 0 spiro atoms. The van der Waals surface area contributed by atoms with Gasteiger partial charge in [-0.3, -0.25) is 14.4 Å². The Morgan fingerprint density at radius 2 is 1.69 bits per heavy atom. The summed E-state index contributed by atoms with van der Waals surface area (Å²) < 4.78 is 0. The Bertz CT molecular complexity index is 720. The van der Waals surface area contributed by atoms with Crippen LogP contribution >= 0.6 is 0 Å². The van der Waals surface area contributed by atoms with Crippen molar-refractivity contribution in [2.45, 2.75) is 72.3 Å². The molecule has 0 aliphatic rings. The van der Waals surface area contributed by atoms with Crippen LogP contribution in [0.1, 0.15) is 65.4 Å². The van der Waals surface area contributed by atoms with Crippen molar-refractivity contribution in [3.05, 3.63) is 48.6 Å². The van der Waals surface area contributed by atoms with Crippen LogP contribution in [0.4, 0.5) is 0 Å². The van der Waals surface area contributed by atoms with E-state index in [9.17, 15) is 14.4 Å². The van der Waals surface area contributed by atoms with Crippen LogP contribution in [0.25, 0.3) is 0 Å². The van der Waals surface area contributed by atoms with Gasteiger partial charge in [-0.05, 0) is 44.1 Å². The zero-order chi connectivity index (χ0) is 23.9. The van der Waals surface area contributed by atoms with Gasteiger partial charge in [-0.1, -0.05) is 63.6 Å². The molecule has 178 valence electrons. The number of rotatable bonds is 14. The van der Waals surface area contributed by atoms with Crippen LogP contribution in [0, 0.1) is 17.8 Å². The summed E-state index contributed by atoms with van der Waals surface area (Å²) in [6, 6.07) is 9.55. The molecular formula is C25H38N2O5. The molecule has 0 saturated heterocycles. The lowest BCUT2D eigenvalue weighted by molar-refractivity contribution is -0.162. The van der Waals surface area contributed by atoms with Crippen molar-refractivity contribution in [3.63, 3.8) is 0 Å². The molecule has 0 aliphatic heterocycles. The maximum absolute atomic E-state index is 12.9. The first-order valence-electron chi connectivity index (χ1n) is 11.4. The summed E-state index contributed by atoms with van der Waals surface area (Å²) >= 11 is 0. The third-order valence-corrected chi connectivity index (χ3v) is 5.09. The van der Waals surface area contributed by atoms with Crippen molar-refractivity contribution >= 4 is 17.8 Å². The van der Waals surface area contributed by atoms with E-state index in [-0.39, 0.29) is 24.3 Å². The molecule has 0 aliphatic carbocycles. The minimum absolute atomic E-state index is 0.128. The van der Waals surface area contributed by atoms with Gasteiger partial charge in [0.15, 0.2) is 0 Å². The molecule has 0 fully saturated rings. The molecule has 1 aromatic rings. The zero-order valence-electron chi connectivity index (χ0n) is 19.8. The second kappa shape index (κ2) is 15.2. The molecular weight excluding hydrogens is 408 g/mol. The number of aryl methyl sites for hydroxylation is 1. The predicted octanol–water partition coefficient (Wildman–Crippen LogP) is 4.28. The van der Waals surface area contributed by atoms with Gasteiger partial charge < -0.3 is 4.84 Å². The average Bonchev–Trinajstić information content (AvgIpc) is 2.77. The molecule has 0 saturated carbocycles. The Kier molecular flexibility index (Phi) is 13.0. The molecule has 3 atom stereocenters. The summed E-state index contributed by atoms with van der Waals surface area (Å²) in [5.41, 5.74) is 5.76. The third kappa shape index (κ3) is 10.6. The minimum atomic E-state index is -0.694. The highest BCUT2D eigenvalue weighted by Crippen LogP contribution is 2.25. The first-order chi connectivity index (χ1) is 15.3. The number of carbonyl (C=O) groups is 3. The SMILES string of the molecule is C=CC[C@H](C(=O)NO[C@@H](C)CCC)[C@@H](CC(C)C)C(=O)NOC(=O)CCc1ccccc1. The Morgan fingerprint density at radius 3 is 2.28 bits per heavy atom. The lowest BCUT2D eigenvalue weighted by Gasteiger charge is -2.26. The van der Waals surface area contributed by atoms with Crippen LogP contribution in [-0.4, -0.2) is 23.9 Å². The van der Waals surface area contributed by atoms with Gasteiger partial charge in [0.25, 0.3) is 5.91 Å². The lowest BCUT2D eigenvalue weighted by atomic mass is 9.82. The van der Waals surface area contributed by atoms with Crippen LogP contribution in [0.2, 0.25) is 0 Å². The second-order valence-corrected chi connectivity index (χ2v) is 8.48. The quantitative estimate of drug-likeness (QED) is 0.329. The normalized spacial score (nSPS) is 13.7. The topological polar surface area (TPSA) is 93.7 Å². The van der Waals surface area contributed by atoms with E-state index in [2.05, 4.69) is 17.5 Å². The fourth-order valence-corrected chi connectivity index (χ4v) is 3.42. The molecule has 1 aromatic carbocycles. The van der Waals surface area contributed by atoms with E-state index in [0.717, 1.165) is 18.4 Å². The van der Waals surface area contributed by atoms with Crippen molar-refractivity contribution < 1.29 is 24.1 Å². The molecule has 32 heavy (non-hydrogen) atoms. The van der Waals surface area contributed by atoms with E-state index in [1.54, 1.807) is 6.08 Å². The summed E-state index contributed by atoms with van der Waals surface area (Å²) in [5.74, 6) is -2.65. The van der Waals surface area contributed by atoms with Gasteiger partial charge in [0.2, 0.25) is 5.91 Å². The average molecular weight is 447 g/mol. The standard InChI is InChI=1S/C25H38N2O5/c1-6-11-19(5)31-26-24(29)21(12-7-2)22(17-18(3)4)25(30)27-32-23(28)16-15-20-13-9-8-10-14-20/h7-10,13-14,18-19,21-22H,2,6,11-12,15-17H2,1,3-5H3,(H,26,29)(H,27,30)/t19-,21-,22+/m0/s1. The molecule has 7 heteroatoms. The summed E-state index contributed by atoms with van der Waals surface area (Å²) in [7, 11) is 0. The van der Waals surface area contributed by atoms with Gasteiger partial charge in [-0.15, -0.1) is 6.58 Å². The first-order valence-corrected chi connectivity index (χ1v) is 11.4. The van der Waals surface area contributed by atoms with Gasteiger partial charge >= 0.3 is 5.97 Å². The van der Waals surface area contributed by atoms with Gasteiger partial charge in [-0.2, -0.15) is 5.48 Å². The number of benzene rings is 1. The predicted molar refractivity (Wildman–Crippen MR) is 124 cm³/mol. The van der Waals surface area contributed by atoms with Crippen LogP contribution in [0.5, 0.6) is 0 Å². The Labute approximate surface area is 191 Å². The number of carbonyl (C=O) groups excluding carboxylic acids is 3. The smallest absolute Gasteiger partial charge is 0.332 e. The molecule has 0 bridgehead atoms. The molecule has 1 rings (SSSR count). The van der Waals surface area contributed by atoms with Gasteiger partial charge in [0, 0.05) is 0 Å². The van der Waals surface area contributed by atoms with E-state index in [1.165, 1.54) is 0 Å². The van der Waals surface area contributed by atoms with E-state index in [0.29, 0.717) is 19.3 Å². The van der Waals surface area contributed by atoms with Crippen molar-refractivity contribution in [1.29, 1.82) is 0 Å². The fraction of sp³-hybridized carbons (Fsp3) is 0.560. The molecule has 0 unspecified atom stereocenters. The van der Waals surface area contributed by atoms with Crippen LogP contribution < -0.4 is 11.0 Å². The van der Waals surface area contributed by atoms with Gasteiger partial charge in [-0.25, -0.2) is 10.3 Å². The number of allylic oxidation sites excluding steroid dienone is 1. The first kappa shape index (κ1) is 27.4. The van der Waals surface area contributed by atoms with Crippen molar-refractivity contribution in [2.75, 3.05) is 0 Å². The van der Waals surface area contributed by atoms with Crippen molar-refractivity contribution in [3.8, 4) is 0 Å². The summed E-state index contributed by atoms with van der Waals surface area (Å²) in [4.78, 5) is 48.2. The van der Waals surface area contributed by atoms with E-state index in [4.69, 9.17) is 9.68 Å². The highest BCUT2D eigenvalue weighted by molar-refractivity contribution is 5.87. The monoisotopic (exact) mass is 446 g/mol. The lowest BCUT2D eigenvalue weighted by Crippen LogP contribution is -2.44. The number of amides is 2. The number of hydrogen-bond acceptors (Lipinski definition) is 5. The van der Waals surface area contributed by atoms with E-state index in [1.807, 2.05) is 58.0 Å². The molecule has 2 N–H and O–H groups in total. The van der Waals surface area contributed by atoms with Gasteiger partial charge in [0.1, 0.15) is 0 Å².